The van der Waals surface area contributed by atoms with Crippen LogP contribution in [-0.2, 0) is 16.1 Å². The highest BCUT2D eigenvalue weighted by atomic mass is 35.5. The molecule has 0 saturated carbocycles. The predicted octanol–water partition coefficient (Wildman–Crippen LogP) is 2.70. The van der Waals surface area contributed by atoms with Crippen molar-refractivity contribution in [2.45, 2.75) is 31.5 Å². The number of carbonyl (C=O) groups excluding carboxylic acids is 3. The highest BCUT2D eigenvalue weighted by Gasteiger charge is 2.31. The molecule has 0 aromatic heterocycles. The first kappa shape index (κ1) is 29.9. The fraction of sp³-hybridized carbons (Fsp3) is 0.304. The van der Waals surface area contributed by atoms with Gasteiger partial charge in [-0.05, 0) is 36.6 Å². The first-order valence-electron chi connectivity index (χ1n) is 10.9. The third-order valence-corrected chi connectivity index (χ3v) is 5.95. The number of guanidine groups is 1. The molecule has 5 N–H and O–H groups in total. The molecule has 0 aliphatic heterocycles. The molecule has 2 rings (SSSR count). The molecule has 37 heavy (non-hydrogen) atoms. The molecule has 1 radical (unpaired) electrons. The van der Waals surface area contributed by atoms with E-state index in [-0.39, 0.29) is 52.5 Å². The third kappa shape index (κ3) is 9.23. The summed E-state index contributed by atoms with van der Waals surface area (Å²) >= 11 is 16.1. The van der Waals surface area contributed by atoms with Crippen molar-refractivity contribution in [3.63, 3.8) is 0 Å². The molecule has 11 nitrogen and oxygen atoms in total. The molecule has 197 valence electrons. The van der Waals surface area contributed by atoms with E-state index in [0.717, 1.165) is 0 Å². The average Bonchev–Trinajstić information content (AvgIpc) is 2.85. The number of hydrogen-bond donors (Lipinski definition) is 5. The van der Waals surface area contributed by atoms with Crippen LogP contribution in [0.5, 0.6) is 0 Å². The molecule has 2 aromatic rings. The van der Waals surface area contributed by atoms with Gasteiger partial charge in [-0.25, -0.2) is 0 Å². The fourth-order valence-corrected chi connectivity index (χ4v) is 4.19. The van der Waals surface area contributed by atoms with E-state index in [1.54, 1.807) is 6.07 Å². The second-order valence-corrected chi connectivity index (χ2v) is 9.11. The van der Waals surface area contributed by atoms with Gasteiger partial charge in [-0.1, -0.05) is 35.3 Å². The largest absolute Gasteiger partial charge is 0.370 e. The molecule has 1 unspecified atom stereocenters. The second-order valence-electron chi connectivity index (χ2n) is 7.88. The first-order chi connectivity index (χ1) is 17.5. The van der Waals surface area contributed by atoms with Crippen LogP contribution in [0.2, 0.25) is 10.0 Å². The zero-order valence-corrected chi connectivity index (χ0v) is 21.9. The zero-order chi connectivity index (χ0) is 27.5. The number of nitrogens with zero attached hydrogens (tertiary/aromatic N) is 2. The monoisotopic (exact) mass is 567 g/mol. The molecular weight excluding hydrogens is 543 g/mol. The zero-order valence-electron chi connectivity index (χ0n) is 19.4. The van der Waals surface area contributed by atoms with Gasteiger partial charge in [0.05, 0.1) is 11.0 Å². The smallest absolute Gasteiger partial charge is 0.269 e. The number of amides is 2. The van der Waals surface area contributed by atoms with E-state index in [0.29, 0.717) is 12.0 Å². The van der Waals surface area contributed by atoms with Crippen LogP contribution >= 0.6 is 35.8 Å². The summed E-state index contributed by atoms with van der Waals surface area (Å²) in [5.74, 6) is -1.63. The van der Waals surface area contributed by atoms with Gasteiger partial charge in [-0.3, -0.25) is 29.9 Å². The van der Waals surface area contributed by atoms with Gasteiger partial charge in [-0.2, -0.15) is 12.6 Å². The Labute approximate surface area is 228 Å². The average molecular weight is 568 g/mol. The maximum atomic E-state index is 13.6. The standard InChI is InChI=1S/C23H25Cl2N6O5S/c24-16-8-15(9-17(25)10-16)21(33)29-20(13-37)22(34)30(19(12-32)5-2-6-28-23(26)27)11-14-3-1-4-18(7-14)31(35)36/h1,3-4,7-10,19-20,37H,2,5-6,11,13H2,(H,29,33)(H4,26,27,28)/t19-,20?/m0/s1. The summed E-state index contributed by atoms with van der Waals surface area (Å²) in [4.78, 5) is 50.1. The Morgan fingerprint density at radius 2 is 1.89 bits per heavy atom. The molecule has 2 amide bonds. The lowest BCUT2D eigenvalue weighted by Gasteiger charge is -2.31. The molecule has 0 aliphatic rings. The van der Waals surface area contributed by atoms with Gasteiger partial charge >= 0.3 is 0 Å². The number of nitrogens with two attached hydrogens (primary N) is 1. The Bertz CT molecular complexity index is 1150. The number of halogens is 2. The maximum absolute atomic E-state index is 13.6. The number of nitrogens with one attached hydrogen (secondary N) is 3. The molecule has 0 heterocycles. The van der Waals surface area contributed by atoms with Crippen molar-refractivity contribution in [1.82, 2.24) is 15.5 Å². The molecule has 2 aromatic carbocycles. The lowest BCUT2D eigenvalue weighted by molar-refractivity contribution is -0.384. The molecule has 0 aliphatic carbocycles. The van der Waals surface area contributed by atoms with Gasteiger partial charge < -0.3 is 21.3 Å². The predicted molar refractivity (Wildman–Crippen MR) is 144 cm³/mol. The quantitative estimate of drug-likeness (QED) is 0.0617. The number of non-ortho nitro benzene ring substituents is 1. The fourth-order valence-electron chi connectivity index (χ4n) is 3.42. The summed E-state index contributed by atoms with van der Waals surface area (Å²) in [6.07, 6.45) is 2.36. The van der Waals surface area contributed by atoms with E-state index in [4.69, 9.17) is 34.3 Å². The lowest BCUT2D eigenvalue weighted by atomic mass is 10.1. The van der Waals surface area contributed by atoms with Crippen LogP contribution < -0.4 is 16.4 Å². The topological polar surface area (TPSA) is 172 Å². The van der Waals surface area contributed by atoms with Gasteiger partial charge in [-0.15, -0.1) is 0 Å². The summed E-state index contributed by atoms with van der Waals surface area (Å²) in [7, 11) is 0. The van der Waals surface area contributed by atoms with Gasteiger partial charge in [0.25, 0.3) is 11.6 Å². The van der Waals surface area contributed by atoms with Crippen molar-refractivity contribution in [2.75, 3.05) is 12.3 Å². The summed E-state index contributed by atoms with van der Waals surface area (Å²) in [6.45, 7) is 0.109. The number of benzene rings is 2. The van der Waals surface area contributed by atoms with E-state index < -0.39 is 28.8 Å². The van der Waals surface area contributed by atoms with Crippen LogP contribution in [0.1, 0.15) is 28.8 Å². The molecule has 14 heteroatoms. The SMILES string of the molecule is N=C(N)NCCC[C@@H]([C]=O)N(Cc1cccc([N+](=O)[O-])c1)C(=O)C(CS)NC(=O)c1cc(Cl)cc(Cl)c1. The third-order valence-electron chi connectivity index (χ3n) is 5.15. The van der Waals surface area contributed by atoms with E-state index in [1.165, 1.54) is 41.3 Å². The number of nitro benzene ring substituents is 1. The summed E-state index contributed by atoms with van der Waals surface area (Å²) in [5, 5.41) is 24.1. The molecule has 0 saturated heterocycles. The van der Waals surface area contributed by atoms with E-state index in [9.17, 15) is 24.5 Å². The van der Waals surface area contributed by atoms with Crippen molar-refractivity contribution in [3.05, 3.63) is 73.8 Å². The maximum Gasteiger partial charge on any atom is 0.269 e. The Hall–Kier alpha value is -3.35. The number of nitro groups is 1. The van der Waals surface area contributed by atoms with Crippen molar-refractivity contribution in [1.29, 1.82) is 5.41 Å². The molecule has 0 fully saturated rings. The van der Waals surface area contributed by atoms with Crippen LogP contribution in [0.4, 0.5) is 5.69 Å². The van der Waals surface area contributed by atoms with Gasteiger partial charge in [0, 0.05) is 46.6 Å². The number of carbonyl (C=O) groups is 2. The Kier molecular flexibility index (Phi) is 11.6. The second kappa shape index (κ2) is 14.4. The highest BCUT2D eigenvalue weighted by Crippen LogP contribution is 2.21. The summed E-state index contributed by atoms with van der Waals surface area (Å²) in [5.41, 5.74) is 5.61. The Morgan fingerprint density at radius 1 is 1.22 bits per heavy atom. The Morgan fingerprint density at radius 3 is 2.46 bits per heavy atom. The van der Waals surface area contributed by atoms with Crippen LogP contribution in [0.25, 0.3) is 0 Å². The minimum Gasteiger partial charge on any atom is -0.370 e. The molecule has 0 bridgehead atoms. The van der Waals surface area contributed by atoms with Gasteiger partial charge in [0.2, 0.25) is 12.2 Å². The van der Waals surface area contributed by atoms with Crippen LogP contribution in [0.15, 0.2) is 42.5 Å². The summed E-state index contributed by atoms with van der Waals surface area (Å²) in [6, 6.07) is 7.65. The van der Waals surface area contributed by atoms with Crippen molar-refractivity contribution in [3.8, 4) is 0 Å². The number of thiol groups is 1. The van der Waals surface area contributed by atoms with Crippen molar-refractivity contribution >= 4 is 65.6 Å². The van der Waals surface area contributed by atoms with Crippen molar-refractivity contribution < 1.29 is 19.3 Å². The highest BCUT2D eigenvalue weighted by molar-refractivity contribution is 7.80. The molecular formula is C23H25Cl2N6O5S. The Balaban J connectivity index is 2.32. The van der Waals surface area contributed by atoms with E-state index in [1.807, 2.05) is 6.29 Å². The lowest BCUT2D eigenvalue weighted by Crippen LogP contribution is -2.53. The number of hydrogen-bond acceptors (Lipinski definition) is 7. The minimum atomic E-state index is -1.15. The van der Waals surface area contributed by atoms with E-state index >= 15 is 0 Å². The first-order valence-corrected chi connectivity index (χ1v) is 12.3. The molecule has 0 spiro atoms. The van der Waals surface area contributed by atoms with E-state index in [2.05, 4.69) is 23.3 Å². The normalized spacial score (nSPS) is 12.2. The van der Waals surface area contributed by atoms with Gasteiger partial charge in [0.15, 0.2) is 5.96 Å². The summed E-state index contributed by atoms with van der Waals surface area (Å²) < 4.78 is 0. The van der Waals surface area contributed by atoms with Crippen molar-refractivity contribution in [2.24, 2.45) is 5.73 Å². The minimum absolute atomic E-state index is 0.109. The van der Waals surface area contributed by atoms with Crippen LogP contribution in [0.3, 0.4) is 0 Å². The van der Waals surface area contributed by atoms with Crippen LogP contribution in [-0.4, -0.2) is 58.3 Å². The van der Waals surface area contributed by atoms with Gasteiger partial charge in [0.1, 0.15) is 6.04 Å². The van der Waals surface area contributed by atoms with Crippen LogP contribution in [0, 0.1) is 15.5 Å². The molecule has 2 atom stereocenters. The number of rotatable bonds is 13.